The van der Waals surface area contributed by atoms with Gasteiger partial charge in [0.15, 0.2) is 0 Å². The van der Waals surface area contributed by atoms with Gasteiger partial charge < -0.3 is 18.9 Å². The van der Waals surface area contributed by atoms with Crippen molar-refractivity contribution in [2.75, 3.05) is 28.4 Å². The first-order valence-electron chi connectivity index (χ1n) is 10.8. The molecule has 164 valence electrons. The first-order valence-corrected chi connectivity index (χ1v) is 10.8. The Bertz CT molecular complexity index is 1210. The molecule has 0 unspecified atom stereocenters. The minimum atomic E-state index is 0.568. The molecule has 4 nitrogen and oxygen atoms in total. The lowest BCUT2D eigenvalue weighted by molar-refractivity contribution is 0.182. The molecule has 0 aliphatic carbocycles. The minimum Gasteiger partial charge on any atom is -0.380 e. The summed E-state index contributed by atoms with van der Waals surface area (Å²) >= 11 is 0. The second kappa shape index (κ2) is 8.64. The average Bonchev–Trinajstić information content (AvgIpc) is 2.81. The number of methoxy groups -OCH3 is 4. The quantitative estimate of drug-likeness (QED) is 0.214. The van der Waals surface area contributed by atoms with Crippen LogP contribution in [0.25, 0.3) is 43.1 Å². The summed E-state index contributed by atoms with van der Waals surface area (Å²) in [4.78, 5) is 0. The molecule has 4 heteroatoms. The number of ether oxygens (including phenoxy) is 4. The van der Waals surface area contributed by atoms with Crippen LogP contribution in [0.5, 0.6) is 0 Å². The molecule has 0 radical (unpaired) electrons. The van der Waals surface area contributed by atoms with Gasteiger partial charge in [0, 0.05) is 28.4 Å². The van der Waals surface area contributed by atoms with Crippen molar-refractivity contribution < 1.29 is 18.9 Å². The Hall–Kier alpha value is -2.76. The molecule has 0 saturated carbocycles. The highest BCUT2D eigenvalue weighted by atomic mass is 16.5. The second-order valence-electron chi connectivity index (χ2n) is 8.32. The molecular weight excluding hydrogens is 400 g/mol. The lowest BCUT2D eigenvalue weighted by Crippen LogP contribution is -2.00. The van der Waals surface area contributed by atoms with Crippen LogP contribution >= 0.6 is 0 Å². The Kier molecular flexibility index (Phi) is 5.70. The van der Waals surface area contributed by atoms with E-state index < -0.39 is 0 Å². The van der Waals surface area contributed by atoms with E-state index in [1.165, 1.54) is 65.3 Å². The van der Waals surface area contributed by atoms with Crippen molar-refractivity contribution in [2.24, 2.45) is 0 Å². The predicted octanol–water partition coefficient (Wildman–Crippen LogP) is 6.32. The number of hydrogen-bond donors (Lipinski definition) is 0. The predicted molar refractivity (Wildman–Crippen MR) is 131 cm³/mol. The maximum atomic E-state index is 5.54. The summed E-state index contributed by atoms with van der Waals surface area (Å²) in [7, 11) is 6.98. The number of benzene rings is 5. The lowest BCUT2D eigenvalue weighted by Gasteiger charge is -2.21. The third kappa shape index (κ3) is 3.14. The second-order valence-corrected chi connectivity index (χ2v) is 8.32. The summed E-state index contributed by atoms with van der Waals surface area (Å²) in [5, 5.41) is 10.1. The molecule has 0 aliphatic heterocycles. The highest BCUT2D eigenvalue weighted by Gasteiger charge is 2.19. The fourth-order valence-corrected chi connectivity index (χ4v) is 5.29. The number of rotatable bonds is 8. The van der Waals surface area contributed by atoms with E-state index in [0.29, 0.717) is 26.4 Å². The summed E-state index contributed by atoms with van der Waals surface area (Å²) in [5.41, 5.74) is 4.75. The first kappa shape index (κ1) is 21.1. The van der Waals surface area contributed by atoms with Crippen molar-refractivity contribution in [3.05, 3.63) is 70.8 Å². The minimum absolute atomic E-state index is 0.568. The molecule has 0 bridgehead atoms. The van der Waals surface area contributed by atoms with Crippen molar-refractivity contribution in [1.29, 1.82) is 0 Å². The van der Waals surface area contributed by atoms with Gasteiger partial charge in [0.1, 0.15) is 0 Å². The average molecular weight is 429 g/mol. The van der Waals surface area contributed by atoms with E-state index in [0.717, 1.165) is 0 Å². The third-order valence-electron chi connectivity index (χ3n) is 6.45. The van der Waals surface area contributed by atoms with Gasteiger partial charge >= 0.3 is 0 Å². The summed E-state index contributed by atoms with van der Waals surface area (Å²) in [6.07, 6.45) is 0. The van der Waals surface area contributed by atoms with Gasteiger partial charge in [0.25, 0.3) is 0 Å². The fraction of sp³-hybridized carbons (Fsp3) is 0.286. The summed E-state index contributed by atoms with van der Waals surface area (Å²) in [6.45, 7) is 2.27. The van der Waals surface area contributed by atoms with Crippen LogP contribution in [-0.2, 0) is 45.4 Å². The molecule has 5 rings (SSSR count). The zero-order valence-corrected chi connectivity index (χ0v) is 19.1. The zero-order valence-electron chi connectivity index (χ0n) is 19.1. The maximum Gasteiger partial charge on any atom is 0.0719 e. The van der Waals surface area contributed by atoms with Crippen LogP contribution in [0.15, 0.2) is 48.5 Å². The molecule has 0 saturated heterocycles. The van der Waals surface area contributed by atoms with E-state index in [-0.39, 0.29) is 0 Å². The Labute approximate surface area is 188 Å². The van der Waals surface area contributed by atoms with Crippen molar-refractivity contribution in [3.63, 3.8) is 0 Å². The van der Waals surface area contributed by atoms with E-state index in [1.54, 1.807) is 28.4 Å². The Morgan fingerprint density at radius 3 is 0.844 bits per heavy atom. The van der Waals surface area contributed by atoms with Crippen LogP contribution in [-0.4, -0.2) is 28.4 Å². The van der Waals surface area contributed by atoms with Crippen LogP contribution in [0.2, 0.25) is 0 Å². The molecule has 5 aromatic rings. The van der Waals surface area contributed by atoms with Gasteiger partial charge in [0.05, 0.1) is 26.4 Å². The molecule has 0 N–H and O–H groups in total. The molecule has 0 atom stereocenters. The van der Waals surface area contributed by atoms with Crippen LogP contribution < -0.4 is 0 Å². The van der Waals surface area contributed by atoms with Gasteiger partial charge in [0.2, 0.25) is 0 Å². The van der Waals surface area contributed by atoms with Crippen LogP contribution in [0.4, 0.5) is 0 Å². The zero-order chi connectivity index (χ0) is 22.2. The smallest absolute Gasteiger partial charge is 0.0719 e. The third-order valence-corrected chi connectivity index (χ3v) is 6.45. The molecule has 0 fully saturated rings. The summed E-state index contributed by atoms with van der Waals surface area (Å²) in [6, 6.07) is 17.8. The van der Waals surface area contributed by atoms with Gasteiger partial charge in [-0.15, -0.1) is 0 Å². The molecule has 5 aromatic carbocycles. The Morgan fingerprint density at radius 1 is 0.375 bits per heavy atom. The SMILES string of the molecule is COCc1ccc2c3ccc(COC)c4c(COC)ccc(c5ccc(COC)c1c25)c43. The van der Waals surface area contributed by atoms with E-state index in [4.69, 9.17) is 18.9 Å². The summed E-state index contributed by atoms with van der Waals surface area (Å²) < 4.78 is 22.2. The largest absolute Gasteiger partial charge is 0.380 e. The molecule has 32 heavy (non-hydrogen) atoms. The van der Waals surface area contributed by atoms with Gasteiger partial charge in [-0.25, -0.2) is 0 Å². The first-order chi connectivity index (χ1) is 15.7. The molecule has 0 aromatic heterocycles. The van der Waals surface area contributed by atoms with Crippen molar-refractivity contribution in [3.8, 4) is 0 Å². The molecule has 0 amide bonds. The molecule has 0 spiro atoms. The molecule has 0 heterocycles. The topological polar surface area (TPSA) is 36.9 Å². The Morgan fingerprint density at radius 2 is 0.625 bits per heavy atom. The number of hydrogen-bond acceptors (Lipinski definition) is 4. The van der Waals surface area contributed by atoms with E-state index in [1.807, 2.05) is 0 Å². The van der Waals surface area contributed by atoms with Crippen molar-refractivity contribution in [1.82, 2.24) is 0 Å². The monoisotopic (exact) mass is 428 g/mol. The van der Waals surface area contributed by atoms with E-state index >= 15 is 0 Å². The van der Waals surface area contributed by atoms with Gasteiger partial charge in [-0.1, -0.05) is 48.5 Å². The number of fused-ring (bicyclic) bond motifs is 2. The maximum absolute atomic E-state index is 5.54. The van der Waals surface area contributed by atoms with Crippen LogP contribution in [0.3, 0.4) is 0 Å². The van der Waals surface area contributed by atoms with Crippen molar-refractivity contribution >= 4 is 43.1 Å². The van der Waals surface area contributed by atoms with E-state index in [2.05, 4.69) is 48.5 Å². The molecular formula is C28H28O4. The summed E-state index contributed by atoms with van der Waals surface area (Å²) in [5.74, 6) is 0. The van der Waals surface area contributed by atoms with Gasteiger partial charge in [-0.2, -0.15) is 0 Å². The van der Waals surface area contributed by atoms with Gasteiger partial charge in [-0.05, 0) is 65.3 Å². The fourth-order valence-electron chi connectivity index (χ4n) is 5.29. The van der Waals surface area contributed by atoms with Crippen molar-refractivity contribution in [2.45, 2.75) is 26.4 Å². The van der Waals surface area contributed by atoms with Crippen LogP contribution in [0.1, 0.15) is 22.3 Å². The highest BCUT2D eigenvalue weighted by molar-refractivity contribution is 6.34. The standard InChI is InChI=1S/C28H28O4/c1-29-13-17-5-9-21-23-11-7-19(15-31-3)26-20(16-32-4)8-12-24(28(23)26)22-10-6-18(14-30-2)25(17)27(21)22/h5-12H,13-16H2,1-4H3. The lowest BCUT2D eigenvalue weighted by atomic mass is 9.84. The van der Waals surface area contributed by atoms with E-state index in [9.17, 15) is 0 Å². The van der Waals surface area contributed by atoms with Gasteiger partial charge in [-0.3, -0.25) is 0 Å². The van der Waals surface area contributed by atoms with Crippen LogP contribution in [0, 0.1) is 0 Å². The normalized spacial score (nSPS) is 12.1. The molecule has 0 aliphatic rings. The highest BCUT2D eigenvalue weighted by Crippen LogP contribution is 2.44. The Balaban J connectivity index is 2.01.